The van der Waals surface area contributed by atoms with Gasteiger partial charge in [0.25, 0.3) is 5.69 Å². The van der Waals surface area contributed by atoms with E-state index >= 15 is 0 Å². The van der Waals surface area contributed by atoms with Crippen LogP contribution in [0, 0.1) is 10.1 Å². The van der Waals surface area contributed by atoms with Gasteiger partial charge in [-0.3, -0.25) is 10.1 Å². The first-order valence-corrected chi connectivity index (χ1v) is 6.73. The van der Waals surface area contributed by atoms with Gasteiger partial charge in [0.05, 0.1) is 11.5 Å². The first kappa shape index (κ1) is 13.6. The van der Waals surface area contributed by atoms with E-state index in [0.29, 0.717) is 5.75 Å². The molecule has 0 heterocycles. The standard InChI is InChI=1S/C14H13NO3S/c16-9-11-3-2-6-14(8-11)19-10-12-4-1-5-13(7-12)15(17)18/h1-8,16H,9-10H2. The predicted molar refractivity (Wildman–Crippen MR) is 75.0 cm³/mol. The summed E-state index contributed by atoms with van der Waals surface area (Å²) in [6.07, 6.45) is 0. The molecule has 2 aromatic rings. The van der Waals surface area contributed by atoms with Crippen LogP contribution in [-0.4, -0.2) is 10.0 Å². The summed E-state index contributed by atoms with van der Waals surface area (Å²) in [6.45, 7) is 0.0191. The van der Waals surface area contributed by atoms with Gasteiger partial charge in [0.2, 0.25) is 0 Å². The summed E-state index contributed by atoms with van der Waals surface area (Å²) in [6, 6.07) is 14.3. The second-order valence-corrected chi connectivity index (χ2v) is 5.07. The smallest absolute Gasteiger partial charge is 0.269 e. The van der Waals surface area contributed by atoms with Crippen molar-refractivity contribution >= 4 is 17.4 Å². The van der Waals surface area contributed by atoms with E-state index in [-0.39, 0.29) is 17.2 Å². The molecule has 0 aromatic heterocycles. The van der Waals surface area contributed by atoms with Gasteiger partial charge in [0, 0.05) is 22.8 Å². The van der Waals surface area contributed by atoms with Crippen LogP contribution >= 0.6 is 11.8 Å². The molecule has 0 aliphatic heterocycles. The number of aliphatic hydroxyl groups excluding tert-OH is 1. The Labute approximate surface area is 115 Å². The van der Waals surface area contributed by atoms with Gasteiger partial charge in [-0.15, -0.1) is 11.8 Å². The van der Waals surface area contributed by atoms with Gasteiger partial charge in [-0.25, -0.2) is 0 Å². The Balaban J connectivity index is 2.05. The number of nitro groups is 1. The van der Waals surface area contributed by atoms with Crippen molar-refractivity contribution in [3.8, 4) is 0 Å². The lowest BCUT2D eigenvalue weighted by molar-refractivity contribution is -0.384. The number of aliphatic hydroxyl groups is 1. The Morgan fingerprint density at radius 2 is 1.84 bits per heavy atom. The van der Waals surface area contributed by atoms with E-state index in [1.165, 1.54) is 6.07 Å². The predicted octanol–water partition coefficient (Wildman–Crippen LogP) is 3.38. The van der Waals surface area contributed by atoms with E-state index in [1.807, 2.05) is 30.3 Å². The van der Waals surface area contributed by atoms with Crippen molar-refractivity contribution in [1.29, 1.82) is 0 Å². The third-order valence-corrected chi connectivity index (χ3v) is 3.67. The Kier molecular flexibility index (Phi) is 4.54. The van der Waals surface area contributed by atoms with E-state index in [9.17, 15) is 10.1 Å². The lowest BCUT2D eigenvalue weighted by Gasteiger charge is -2.04. The quantitative estimate of drug-likeness (QED) is 0.516. The Morgan fingerprint density at radius 1 is 1.11 bits per heavy atom. The zero-order chi connectivity index (χ0) is 13.7. The van der Waals surface area contributed by atoms with Crippen molar-refractivity contribution in [2.24, 2.45) is 0 Å². The zero-order valence-corrected chi connectivity index (χ0v) is 11.0. The lowest BCUT2D eigenvalue weighted by Crippen LogP contribution is -1.89. The van der Waals surface area contributed by atoms with Crippen molar-refractivity contribution in [2.75, 3.05) is 0 Å². The molecule has 0 bridgehead atoms. The summed E-state index contributed by atoms with van der Waals surface area (Å²) >= 11 is 1.59. The molecule has 98 valence electrons. The number of benzene rings is 2. The van der Waals surface area contributed by atoms with Crippen LogP contribution in [0.1, 0.15) is 11.1 Å². The highest BCUT2D eigenvalue weighted by Crippen LogP contribution is 2.25. The fraction of sp³-hybridized carbons (Fsp3) is 0.143. The second kappa shape index (κ2) is 6.36. The number of nitrogens with zero attached hydrogens (tertiary/aromatic N) is 1. The van der Waals surface area contributed by atoms with Crippen LogP contribution in [-0.2, 0) is 12.4 Å². The maximum atomic E-state index is 10.7. The highest BCUT2D eigenvalue weighted by atomic mass is 32.2. The molecule has 2 aromatic carbocycles. The molecule has 0 aliphatic carbocycles. The first-order valence-electron chi connectivity index (χ1n) is 5.75. The van der Waals surface area contributed by atoms with Gasteiger partial charge in [0.15, 0.2) is 0 Å². The number of thioether (sulfide) groups is 1. The van der Waals surface area contributed by atoms with Gasteiger partial charge >= 0.3 is 0 Å². The van der Waals surface area contributed by atoms with Crippen LogP contribution < -0.4 is 0 Å². The number of hydrogen-bond donors (Lipinski definition) is 1. The molecule has 5 heteroatoms. The molecule has 0 aliphatic rings. The molecule has 0 atom stereocenters. The molecule has 0 saturated carbocycles. The molecule has 0 amide bonds. The van der Waals surface area contributed by atoms with E-state index in [0.717, 1.165) is 16.0 Å². The zero-order valence-electron chi connectivity index (χ0n) is 10.2. The van der Waals surface area contributed by atoms with Gasteiger partial charge in [-0.1, -0.05) is 24.3 Å². The third-order valence-electron chi connectivity index (χ3n) is 2.61. The molecule has 0 spiro atoms. The molecule has 0 fully saturated rings. The summed E-state index contributed by atoms with van der Waals surface area (Å²) in [5, 5.41) is 19.7. The summed E-state index contributed by atoms with van der Waals surface area (Å²) in [7, 11) is 0. The highest BCUT2D eigenvalue weighted by molar-refractivity contribution is 7.98. The Morgan fingerprint density at radius 3 is 2.58 bits per heavy atom. The minimum atomic E-state index is -0.388. The largest absolute Gasteiger partial charge is 0.392 e. The number of nitro benzene ring substituents is 1. The third kappa shape index (κ3) is 3.81. The number of rotatable bonds is 5. The topological polar surface area (TPSA) is 63.4 Å². The Bertz CT molecular complexity index is 586. The Hall–Kier alpha value is -1.85. The van der Waals surface area contributed by atoms with Crippen LogP contribution in [0.3, 0.4) is 0 Å². The molecular formula is C14H13NO3S. The maximum Gasteiger partial charge on any atom is 0.269 e. The number of non-ortho nitro benzene ring substituents is 1. The normalized spacial score (nSPS) is 10.4. The SMILES string of the molecule is O=[N+]([O-])c1cccc(CSc2cccc(CO)c2)c1. The van der Waals surface area contributed by atoms with Crippen molar-refractivity contribution in [3.05, 3.63) is 69.8 Å². The van der Waals surface area contributed by atoms with E-state index in [1.54, 1.807) is 23.9 Å². The average molecular weight is 275 g/mol. The molecule has 19 heavy (non-hydrogen) atoms. The van der Waals surface area contributed by atoms with Gasteiger partial charge in [-0.05, 0) is 23.3 Å². The summed E-state index contributed by atoms with van der Waals surface area (Å²) in [4.78, 5) is 11.3. The highest BCUT2D eigenvalue weighted by Gasteiger charge is 2.06. The van der Waals surface area contributed by atoms with Crippen molar-refractivity contribution in [3.63, 3.8) is 0 Å². The summed E-state index contributed by atoms with van der Waals surface area (Å²) in [5.41, 5.74) is 1.89. The van der Waals surface area contributed by atoms with Gasteiger partial charge < -0.3 is 5.11 Å². The molecule has 0 saturated heterocycles. The van der Waals surface area contributed by atoms with Crippen molar-refractivity contribution < 1.29 is 10.0 Å². The minimum Gasteiger partial charge on any atom is -0.392 e. The van der Waals surface area contributed by atoms with Crippen LogP contribution in [0.2, 0.25) is 0 Å². The summed E-state index contributed by atoms with van der Waals surface area (Å²) < 4.78 is 0. The van der Waals surface area contributed by atoms with Gasteiger partial charge in [0.1, 0.15) is 0 Å². The number of hydrogen-bond acceptors (Lipinski definition) is 4. The fourth-order valence-corrected chi connectivity index (χ4v) is 2.58. The van der Waals surface area contributed by atoms with Crippen LogP contribution in [0.5, 0.6) is 0 Å². The molecule has 0 radical (unpaired) electrons. The van der Waals surface area contributed by atoms with E-state index in [4.69, 9.17) is 5.11 Å². The molecule has 0 unspecified atom stereocenters. The lowest BCUT2D eigenvalue weighted by atomic mass is 10.2. The molecule has 2 rings (SSSR count). The molecular weight excluding hydrogens is 262 g/mol. The molecule has 4 nitrogen and oxygen atoms in total. The van der Waals surface area contributed by atoms with Crippen molar-refractivity contribution in [1.82, 2.24) is 0 Å². The van der Waals surface area contributed by atoms with E-state index in [2.05, 4.69) is 0 Å². The van der Waals surface area contributed by atoms with Crippen LogP contribution in [0.15, 0.2) is 53.4 Å². The maximum absolute atomic E-state index is 10.7. The first-order chi connectivity index (χ1) is 9.19. The van der Waals surface area contributed by atoms with Gasteiger partial charge in [-0.2, -0.15) is 0 Å². The average Bonchev–Trinajstić information content (AvgIpc) is 2.45. The summed E-state index contributed by atoms with van der Waals surface area (Å²) in [5.74, 6) is 0.663. The minimum absolute atomic E-state index is 0.0191. The molecule has 1 N–H and O–H groups in total. The second-order valence-electron chi connectivity index (χ2n) is 4.02. The van der Waals surface area contributed by atoms with Crippen molar-refractivity contribution in [2.45, 2.75) is 17.3 Å². The van der Waals surface area contributed by atoms with E-state index < -0.39 is 0 Å². The monoisotopic (exact) mass is 275 g/mol. The fourth-order valence-electron chi connectivity index (χ4n) is 1.66. The van der Waals surface area contributed by atoms with Crippen LogP contribution in [0.25, 0.3) is 0 Å². The van der Waals surface area contributed by atoms with Crippen LogP contribution in [0.4, 0.5) is 5.69 Å².